The molecule has 0 aliphatic heterocycles. The van der Waals surface area contributed by atoms with Gasteiger partial charge in [0, 0.05) is 24.5 Å². The summed E-state index contributed by atoms with van der Waals surface area (Å²) >= 11 is 0. The van der Waals surface area contributed by atoms with Crippen molar-refractivity contribution in [2.24, 2.45) is 5.11 Å². The Morgan fingerprint density at radius 1 is 0.867 bits per heavy atom. The van der Waals surface area contributed by atoms with E-state index >= 15 is 0 Å². The van der Waals surface area contributed by atoms with Crippen LogP contribution in [0.3, 0.4) is 0 Å². The van der Waals surface area contributed by atoms with Crippen LogP contribution in [0.15, 0.2) is 5.11 Å². The largest absolute Gasteiger partial charge is 0.405 e. The first-order chi connectivity index (χ1) is 14.5. The van der Waals surface area contributed by atoms with Gasteiger partial charge in [-0.3, -0.25) is 9.05 Å². The summed E-state index contributed by atoms with van der Waals surface area (Å²) in [5.74, 6) is 0. The van der Waals surface area contributed by atoms with E-state index in [1.54, 1.807) is 0 Å². The third kappa shape index (κ3) is 20.6. The molecule has 8 nitrogen and oxygen atoms in total. The molecule has 9 heteroatoms. The molecule has 0 saturated carbocycles. The van der Waals surface area contributed by atoms with Crippen LogP contribution in [-0.2, 0) is 13.6 Å². The van der Waals surface area contributed by atoms with Gasteiger partial charge in [0.1, 0.15) is 0 Å². The number of nitrogens with one attached hydrogen (secondary N) is 1. The molecule has 1 unspecified atom stereocenters. The average molecular weight is 448 g/mol. The van der Waals surface area contributed by atoms with Crippen molar-refractivity contribution in [2.45, 2.75) is 90.4 Å². The first-order valence-electron chi connectivity index (χ1n) is 11.8. The quantitative estimate of drug-likeness (QED) is 0.0619. The highest BCUT2D eigenvalue weighted by atomic mass is 31.2. The standard InChI is InChI=1S/C21H46N5O3P/c1-4-5-6-7-8-9-10-11-12-13-14-15-20-28-30(27,24-18-19-26(2)3)29-21-16-17-23-25-22/h4-21H2,1-3H3,(H,24,27). The Morgan fingerprint density at radius 3 is 1.87 bits per heavy atom. The number of likely N-dealkylation sites (N-methyl/N-ethyl adjacent to an activating group) is 1. The molecule has 0 saturated heterocycles. The molecule has 0 aliphatic rings. The number of nitrogens with zero attached hydrogens (tertiary/aromatic N) is 4. The van der Waals surface area contributed by atoms with E-state index in [1.165, 1.54) is 64.2 Å². The van der Waals surface area contributed by atoms with Crippen LogP contribution in [0.2, 0.25) is 0 Å². The third-order valence-electron chi connectivity index (χ3n) is 4.85. The summed E-state index contributed by atoms with van der Waals surface area (Å²) in [6, 6.07) is 0. The number of unbranched alkanes of at least 4 members (excludes halogenated alkanes) is 11. The lowest BCUT2D eigenvalue weighted by Gasteiger charge is -2.20. The van der Waals surface area contributed by atoms with Crippen LogP contribution in [0.25, 0.3) is 10.4 Å². The van der Waals surface area contributed by atoms with Crippen LogP contribution in [0.5, 0.6) is 0 Å². The molecule has 1 N–H and O–H groups in total. The molecule has 0 aromatic rings. The zero-order valence-electron chi connectivity index (χ0n) is 19.7. The summed E-state index contributed by atoms with van der Waals surface area (Å²) in [5.41, 5.74) is 8.30. The van der Waals surface area contributed by atoms with Gasteiger partial charge in [-0.2, -0.15) is 0 Å². The lowest BCUT2D eigenvalue weighted by atomic mass is 10.1. The Balaban J connectivity index is 3.84. The van der Waals surface area contributed by atoms with Gasteiger partial charge in [0.25, 0.3) is 0 Å². The highest BCUT2D eigenvalue weighted by Gasteiger charge is 2.23. The van der Waals surface area contributed by atoms with E-state index in [-0.39, 0.29) is 6.61 Å². The van der Waals surface area contributed by atoms with E-state index < -0.39 is 7.75 Å². The smallest absolute Gasteiger partial charge is 0.308 e. The van der Waals surface area contributed by atoms with Crippen LogP contribution < -0.4 is 5.09 Å². The zero-order chi connectivity index (χ0) is 22.3. The summed E-state index contributed by atoms with van der Waals surface area (Å²) in [7, 11) is 0.600. The topological polar surface area (TPSA) is 99.6 Å². The second kappa shape index (κ2) is 21.6. The minimum absolute atomic E-state index is 0.240. The first-order valence-corrected chi connectivity index (χ1v) is 13.4. The van der Waals surface area contributed by atoms with Gasteiger partial charge in [-0.05, 0) is 32.5 Å². The van der Waals surface area contributed by atoms with Crippen LogP contribution in [0, 0.1) is 0 Å². The fourth-order valence-electron chi connectivity index (χ4n) is 3.03. The predicted octanol–water partition coefficient (Wildman–Crippen LogP) is 6.68. The summed E-state index contributed by atoms with van der Waals surface area (Å²) in [5, 5.41) is 6.39. The van der Waals surface area contributed by atoms with Gasteiger partial charge in [-0.25, -0.2) is 9.65 Å². The number of hydrogen-bond donors (Lipinski definition) is 1. The van der Waals surface area contributed by atoms with Crippen molar-refractivity contribution < 1.29 is 13.6 Å². The summed E-state index contributed by atoms with van der Waals surface area (Å²) in [6.45, 7) is 4.52. The highest BCUT2D eigenvalue weighted by Crippen LogP contribution is 2.43. The molecular weight excluding hydrogens is 401 g/mol. The normalized spacial score (nSPS) is 13.3. The molecule has 0 fully saturated rings. The van der Waals surface area contributed by atoms with Crippen LogP contribution >= 0.6 is 7.75 Å². The molecule has 30 heavy (non-hydrogen) atoms. The van der Waals surface area contributed by atoms with Gasteiger partial charge >= 0.3 is 7.75 Å². The fourth-order valence-corrected chi connectivity index (χ4v) is 4.40. The van der Waals surface area contributed by atoms with Crippen molar-refractivity contribution in [3.8, 4) is 0 Å². The van der Waals surface area contributed by atoms with E-state index in [2.05, 4.69) is 22.0 Å². The Labute approximate surface area is 184 Å². The maximum atomic E-state index is 12.9. The van der Waals surface area contributed by atoms with Crippen LogP contribution in [0.4, 0.5) is 0 Å². The second-order valence-electron chi connectivity index (χ2n) is 8.07. The van der Waals surface area contributed by atoms with Crippen LogP contribution in [-0.4, -0.2) is 51.8 Å². The zero-order valence-corrected chi connectivity index (χ0v) is 20.6. The molecule has 0 radical (unpaired) electrons. The molecule has 1 atom stereocenters. The first kappa shape index (κ1) is 29.4. The molecule has 178 valence electrons. The molecule has 0 aromatic carbocycles. The lowest BCUT2D eigenvalue weighted by molar-refractivity contribution is 0.190. The van der Waals surface area contributed by atoms with Crippen molar-refractivity contribution in [3.63, 3.8) is 0 Å². The Morgan fingerprint density at radius 2 is 1.37 bits per heavy atom. The minimum atomic E-state index is -3.32. The molecular formula is C21H46N5O3P. The van der Waals surface area contributed by atoms with E-state index in [0.717, 1.165) is 19.4 Å². The number of hydrogen-bond acceptors (Lipinski definition) is 5. The van der Waals surface area contributed by atoms with Gasteiger partial charge < -0.3 is 4.90 Å². The monoisotopic (exact) mass is 447 g/mol. The van der Waals surface area contributed by atoms with Crippen LogP contribution in [0.1, 0.15) is 90.4 Å². The van der Waals surface area contributed by atoms with E-state index in [0.29, 0.717) is 26.1 Å². The lowest BCUT2D eigenvalue weighted by Crippen LogP contribution is -2.26. The molecule has 0 heterocycles. The van der Waals surface area contributed by atoms with Gasteiger partial charge in [0.05, 0.1) is 13.2 Å². The number of azide groups is 1. The van der Waals surface area contributed by atoms with Gasteiger partial charge in [-0.15, -0.1) is 0 Å². The van der Waals surface area contributed by atoms with Crippen molar-refractivity contribution in [1.82, 2.24) is 9.99 Å². The van der Waals surface area contributed by atoms with Crippen molar-refractivity contribution in [1.29, 1.82) is 0 Å². The van der Waals surface area contributed by atoms with Crippen molar-refractivity contribution in [2.75, 3.05) is 46.9 Å². The Bertz CT molecular complexity index is 474. The van der Waals surface area contributed by atoms with E-state index in [9.17, 15) is 4.57 Å². The van der Waals surface area contributed by atoms with Gasteiger partial charge in [0.15, 0.2) is 0 Å². The molecule has 0 aliphatic carbocycles. The molecule has 0 rings (SSSR count). The minimum Gasteiger partial charge on any atom is -0.308 e. The van der Waals surface area contributed by atoms with Crippen molar-refractivity contribution >= 4 is 7.75 Å². The maximum Gasteiger partial charge on any atom is 0.405 e. The third-order valence-corrected chi connectivity index (χ3v) is 6.51. The van der Waals surface area contributed by atoms with Gasteiger partial charge in [0.2, 0.25) is 0 Å². The SMILES string of the molecule is CCCCCCCCCCCCCCOP(=O)(NCCN(C)C)OCCCN=[N+]=[N-]. The summed E-state index contributed by atoms with van der Waals surface area (Å²) < 4.78 is 23.9. The molecule has 0 bridgehead atoms. The summed E-state index contributed by atoms with van der Waals surface area (Å²) in [6.07, 6.45) is 15.8. The Hall–Kier alpha value is -0.620. The molecule has 0 amide bonds. The highest BCUT2D eigenvalue weighted by molar-refractivity contribution is 7.51. The number of rotatable bonds is 23. The van der Waals surface area contributed by atoms with E-state index in [1.807, 2.05) is 19.0 Å². The van der Waals surface area contributed by atoms with E-state index in [4.69, 9.17) is 14.6 Å². The van der Waals surface area contributed by atoms with Gasteiger partial charge in [-0.1, -0.05) is 82.7 Å². The second-order valence-corrected chi connectivity index (χ2v) is 9.90. The molecule has 0 spiro atoms. The molecule has 0 aromatic heterocycles. The average Bonchev–Trinajstić information content (AvgIpc) is 2.71. The fraction of sp³-hybridized carbons (Fsp3) is 1.00. The Kier molecular flexibility index (Phi) is 21.2. The maximum absolute atomic E-state index is 12.9. The van der Waals surface area contributed by atoms with Crippen molar-refractivity contribution in [3.05, 3.63) is 10.4 Å². The summed E-state index contributed by atoms with van der Waals surface area (Å²) in [4.78, 5) is 4.71. The predicted molar refractivity (Wildman–Crippen MR) is 126 cm³/mol.